The Bertz CT molecular complexity index is 789. The lowest BCUT2D eigenvalue weighted by atomic mass is 9.71. The van der Waals surface area contributed by atoms with Gasteiger partial charge in [0.1, 0.15) is 0 Å². The Morgan fingerprint density at radius 3 is 2.03 bits per heavy atom. The van der Waals surface area contributed by atoms with Crippen molar-refractivity contribution < 1.29 is 27.4 Å². The molecule has 1 aromatic rings. The highest BCUT2D eigenvalue weighted by molar-refractivity contribution is 5.19. The summed E-state index contributed by atoms with van der Waals surface area (Å²) in [5.74, 6) is -2.22. The zero-order valence-corrected chi connectivity index (χ0v) is 21.7. The summed E-state index contributed by atoms with van der Waals surface area (Å²) < 4.78 is 58.8. The number of ether oxygens (including phenoxy) is 3. The Labute approximate surface area is 209 Å². The van der Waals surface area contributed by atoms with Crippen molar-refractivity contribution in [2.75, 3.05) is 19.8 Å². The summed E-state index contributed by atoms with van der Waals surface area (Å²) in [5.41, 5.74) is 0.582. The largest absolute Gasteiger partial charge is 0.326 e. The van der Waals surface area contributed by atoms with Crippen LogP contribution in [0, 0.1) is 46.5 Å². The van der Waals surface area contributed by atoms with Crippen molar-refractivity contribution >= 4 is 0 Å². The molecule has 4 fully saturated rings. The molecule has 0 amide bonds. The van der Waals surface area contributed by atoms with Gasteiger partial charge in [-0.3, -0.25) is 0 Å². The van der Waals surface area contributed by atoms with Crippen LogP contribution in [0.4, 0.5) is 13.2 Å². The monoisotopic (exact) mass is 496 g/mol. The summed E-state index contributed by atoms with van der Waals surface area (Å²) >= 11 is 0. The van der Waals surface area contributed by atoms with Crippen molar-refractivity contribution in [1.82, 2.24) is 0 Å². The van der Waals surface area contributed by atoms with Crippen LogP contribution in [0.15, 0.2) is 12.1 Å². The summed E-state index contributed by atoms with van der Waals surface area (Å²) in [6, 6.07) is 2.24. The molecule has 2 unspecified atom stereocenters. The molecule has 6 heteroatoms. The summed E-state index contributed by atoms with van der Waals surface area (Å²) in [4.78, 5) is 0. The summed E-state index contributed by atoms with van der Waals surface area (Å²) in [6.45, 7) is 8.96. The van der Waals surface area contributed by atoms with E-state index in [-0.39, 0.29) is 5.41 Å². The van der Waals surface area contributed by atoms with E-state index in [1.807, 2.05) is 0 Å². The molecule has 0 radical (unpaired) electrons. The van der Waals surface area contributed by atoms with Crippen LogP contribution in [0.25, 0.3) is 0 Å². The Morgan fingerprint density at radius 2 is 1.49 bits per heavy atom. The Balaban J connectivity index is 1.21. The van der Waals surface area contributed by atoms with Crippen LogP contribution in [0.5, 0.6) is 0 Å². The minimum atomic E-state index is -1.39. The molecule has 198 valence electrons. The quantitative estimate of drug-likeness (QED) is 0.293. The molecule has 2 atom stereocenters. The predicted octanol–water partition coefficient (Wildman–Crippen LogP) is 7.80. The van der Waals surface area contributed by atoms with Crippen LogP contribution in [0.2, 0.25) is 0 Å². The third-order valence-electron chi connectivity index (χ3n) is 8.98. The van der Waals surface area contributed by atoms with Crippen molar-refractivity contribution in [1.29, 1.82) is 0 Å². The smallest absolute Gasteiger partial charge is 0.285 e. The van der Waals surface area contributed by atoms with E-state index in [0.29, 0.717) is 35.7 Å². The fraction of sp³-hybridized carbons (Fsp3) is 0.793. The maximum atomic E-state index is 13.5. The van der Waals surface area contributed by atoms with Gasteiger partial charge in [0, 0.05) is 11.3 Å². The number of hydrogen-bond acceptors (Lipinski definition) is 3. The van der Waals surface area contributed by atoms with E-state index in [2.05, 4.69) is 20.8 Å². The van der Waals surface area contributed by atoms with E-state index in [9.17, 15) is 13.2 Å². The predicted molar refractivity (Wildman–Crippen MR) is 130 cm³/mol. The maximum absolute atomic E-state index is 13.5. The number of halogens is 3. The van der Waals surface area contributed by atoms with Gasteiger partial charge in [0.05, 0.1) is 19.8 Å². The van der Waals surface area contributed by atoms with Gasteiger partial charge >= 0.3 is 0 Å². The number of fused-ring (bicyclic) bond motifs is 3. The number of aryl methyl sites for hydroxylation is 1. The second-order valence-electron chi connectivity index (χ2n) is 11.6. The van der Waals surface area contributed by atoms with E-state index in [1.165, 1.54) is 25.7 Å². The third kappa shape index (κ3) is 6.07. The molecule has 1 aliphatic carbocycles. The van der Waals surface area contributed by atoms with Crippen molar-refractivity contribution in [2.45, 2.75) is 97.4 Å². The lowest BCUT2D eigenvalue weighted by Gasteiger charge is -2.55. The lowest BCUT2D eigenvalue weighted by molar-refractivity contribution is -0.488. The molecule has 0 N–H and O–H groups in total. The van der Waals surface area contributed by atoms with E-state index >= 15 is 0 Å². The van der Waals surface area contributed by atoms with E-state index in [1.54, 1.807) is 0 Å². The van der Waals surface area contributed by atoms with Gasteiger partial charge in [-0.15, -0.1) is 0 Å². The van der Waals surface area contributed by atoms with Gasteiger partial charge in [-0.2, -0.15) is 0 Å². The van der Waals surface area contributed by atoms with Crippen molar-refractivity contribution in [3.05, 3.63) is 35.1 Å². The van der Waals surface area contributed by atoms with Gasteiger partial charge in [-0.1, -0.05) is 40.0 Å². The second kappa shape index (κ2) is 11.5. The molecule has 5 rings (SSSR count). The van der Waals surface area contributed by atoms with Crippen molar-refractivity contribution in [2.24, 2.45) is 29.1 Å². The average Bonchev–Trinajstić information content (AvgIpc) is 2.88. The molecule has 0 spiro atoms. The highest BCUT2D eigenvalue weighted by atomic mass is 19.2. The second-order valence-corrected chi connectivity index (χ2v) is 11.6. The fourth-order valence-electron chi connectivity index (χ4n) is 6.64. The molecular weight excluding hydrogens is 453 g/mol. The lowest BCUT2D eigenvalue weighted by Crippen LogP contribution is -2.63. The van der Waals surface area contributed by atoms with Gasteiger partial charge in [-0.05, 0) is 86.8 Å². The zero-order valence-electron chi connectivity index (χ0n) is 21.7. The first-order valence-electron chi connectivity index (χ1n) is 13.8. The Hall–Kier alpha value is -1.11. The fourth-order valence-corrected chi connectivity index (χ4v) is 6.64. The molecular formula is C29H43F3O3. The molecule has 3 saturated heterocycles. The molecule has 3 nitrogen and oxygen atoms in total. The molecule has 0 aromatic heterocycles. The van der Waals surface area contributed by atoms with Gasteiger partial charge in [0.25, 0.3) is 5.97 Å². The van der Waals surface area contributed by atoms with Gasteiger partial charge in [-0.25, -0.2) is 13.2 Å². The van der Waals surface area contributed by atoms with Crippen LogP contribution in [-0.4, -0.2) is 25.8 Å². The molecule has 3 aliphatic heterocycles. The molecule has 4 aliphatic rings. The molecule has 35 heavy (non-hydrogen) atoms. The summed E-state index contributed by atoms with van der Waals surface area (Å²) in [6.07, 6.45) is 11.6. The van der Waals surface area contributed by atoms with Crippen molar-refractivity contribution in [3.63, 3.8) is 0 Å². The molecule has 2 bridgehead atoms. The van der Waals surface area contributed by atoms with E-state index < -0.39 is 23.4 Å². The Morgan fingerprint density at radius 1 is 0.886 bits per heavy atom. The minimum Gasteiger partial charge on any atom is -0.326 e. The van der Waals surface area contributed by atoms with Gasteiger partial charge < -0.3 is 14.2 Å². The van der Waals surface area contributed by atoms with Crippen LogP contribution >= 0.6 is 0 Å². The van der Waals surface area contributed by atoms with E-state index in [4.69, 9.17) is 14.2 Å². The average molecular weight is 497 g/mol. The highest BCUT2D eigenvalue weighted by Gasteiger charge is 2.56. The highest BCUT2D eigenvalue weighted by Crippen LogP contribution is 2.49. The number of rotatable bonds is 11. The first-order chi connectivity index (χ1) is 16.8. The summed E-state index contributed by atoms with van der Waals surface area (Å²) in [7, 11) is 0. The topological polar surface area (TPSA) is 27.7 Å². The number of benzene rings is 1. The third-order valence-corrected chi connectivity index (χ3v) is 8.98. The maximum Gasteiger partial charge on any atom is 0.285 e. The molecule has 1 aromatic carbocycles. The van der Waals surface area contributed by atoms with Crippen LogP contribution in [-0.2, 0) is 20.6 Å². The first-order valence-corrected chi connectivity index (χ1v) is 13.8. The van der Waals surface area contributed by atoms with Crippen LogP contribution in [0.3, 0.4) is 0 Å². The number of hydrogen-bond donors (Lipinski definition) is 0. The van der Waals surface area contributed by atoms with E-state index in [0.717, 1.165) is 70.5 Å². The Kier molecular flexibility index (Phi) is 8.86. The van der Waals surface area contributed by atoms with Gasteiger partial charge in [0.15, 0.2) is 17.5 Å². The normalized spacial score (nSPS) is 32.5. The first kappa shape index (κ1) is 26.9. The summed E-state index contributed by atoms with van der Waals surface area (Å²) in [5, 5.41) is 0. The van der Waals surface area contributed by atoms with Crippen LogP contribution < -0.4 is 0 Å². The molecule has 1 saturated carbocycles. The van der Waals surface area contributed by atoms with Crippen LogP contribution in [0.1, 0.15) is 90.5 Å². The SMILES string of the molecule is CCCC12COC(C3CCC(C(CC)CCC(C)CCc4cc(F)c(F)c(F)c4)CC3)(OC1)OC2. The van der Waals surface area contributed by atoms with Gasteiger partial charge in [0.2, 0.25) is 0 Å². The van der Waals surface area contributed by atoms with Crippen molar-refractivity contribution in [3.8, 4) is 0 Å². The minimum absolute atomic E-state index is 0.0523. The zero-order chi connectivity index (χ0) is 25.1. The standard InChI is InChI=1S/C29H43F3O3/c1-4-14-28-17-33-29(34-18-28,35-19-28)24-12-10-23(11-13-24)22(5-2)9-7-20(3)6-8-21-15-25(30)27(32)26(31)16-21/h15-16,20,22-24H,4-14,17-19H2,1-3H3. The molecule has 3 heterocycles.